The number of aromatic hydroxyl groups is 1. The zero-order valence-corrected chi connectivity index (χ0v) is 9.14. The second-order valence-electron chi connectivity index (χ2n) is 2.83. The fourth-order valence-corrected chi connectivity index (χ4v) is 1.25. The van der Waals surface area contributed by atoms with Crippen LogP contribution >= 0.6 is 15.9 Å². The number of hydrogen-bond donors (Lipinski definition) is 1. The van der Waals surface area contributed by atoms with E-state index in [1.165, 1.54) is 6.07 Å². The van der Waals surface area contributed by atoms with Gasteiger partial charge >= 0.3 is 6.18 Å². The molecule has 0 bridgehead atoms. The van der Waals surface area contributed by atoms with E-state index in [0.29, 0.717) is 10.9 Å². The van der Waals surface area contributed by atoms with Crippen molar-refractivity contribution in [2.45, 2.75) is 6.18 Å². The largest absolute Gasteiger partial charge is 0.507 e. The van der Waals surface area contributed by atoms with Crippen LogP contribution in [0.1, 0.15) is 11.1 Å². The van der Waals surface area contributed by atoms with Crippen LogP contribution in [0.5, 0.6) is 5.75 Å². The van der Waals surface area contributed by atoms with Crippen molar-refractivity contribution in [2.75, 3.05) is 5.33 Å². The monoisotopic (exact) mass is 280 g/mol. The first kappa shape index (κ1) is 12.1. The maximum Gasteiger partial charge on any atom is 0.419 e. The van der Waals surface area contributed by atoms with Crippen LogP contribution in [-0.4, -0.2) is 10.4 Å². The van der Waals surface area contributed by atoms with Crippen molar-refractivity contribution in [2.24, 2.45) is 0 Å². The van der Waals surface area contributed by atoms with Crippen LogP contribution in [0.25, 0.3) is 6.08 Å². The van der Waals surface area contributed by atoms with E-state index in [1.54, 1.807) is 12.2 Å². The summed E-state index contributed by atoms with van der Waals surface area (Å²) in [5.74, 6) is -0.751. The first-order valence-corrected chi connectivity index (χ1v) is 5.20. The molecule has 1 rings (SSSR count). The normalized spacial score (nSPS) is 12.3. The number of alkyl halides is 4. The SMILES string of the molecule is Oc1ccc(C=CCBr)cc1C(F)(F)F. The number of phenolic OH excluding ortho intramolecular Hbond substituents is 1. The van der Waals surface area contributed by atoms with E-state index in [2.05, 4.69) is 15.9 Å². The van der Waals surface area contributed by atoms with Gasteiger partial charge in [0.05, 0.1) is 5.56 Å². The molecule has 0 aliphatic heterocycles. The fraction of sp³-hybridized carbons (Fsp3) is 0.200. The van der Waals surface area contributed by atoms with Gasteiger partial charge in [-0.2, -0.15) is 13.2 Å². The Morgan fingerprint density at radius 3 is 2.53 bits per heavy atom. The van der Waals surface area contributed by atoms with Gasteiger partial charge in [-0.15, -0.1) is 0 Å². The molecule has 5 heteroatoms. The molecular formula is C10H8BrF3O. The Morgan fingerprint density at radius 1 is 1.33 bits per heavy atom. The highest BCUT2D eigenvalue weighted by atomic mass is 79.9. The summed E-state index contributed by atoms with van der Waals surface area (Å²) < 4.78 is 37.1. The second-order valence-corrected chi connectivity index (χ2v) is 3.48. The summed E-state index contributed by atoms with van der Waals surface area (Å²) in [7, 11) is 0. The lowest BCUT2D eigenvalue weighted by atomic mass is 10.1. The Kier molecular flexibility index (Phi) is 3.79. The van der Waals surface area contributed by atoms with Gasteiger partial charge in [0.15, 0.2) is 0 Å². The molecule has 15 heavy (non-hydrogen) atoms. The molecule has 0 saturated heterocycles. The van der Waals surface area contributed by atoms with Gasteiger partial charge in [-0.1, -0.05) is 34.1 Å². The number of rotatable bonds is 2. The van der Waals surface area contributed by atoms with E-state index < -0.39 is 17.5 Å². The predicted octanol–water partition coefficient (Wildman–Crippen LogP) is 3.82. The first-order valence-electron chi connectivity index (χ1n) is 4.08. The molecule has 0 atom stereocenters. The summed E-state index contributed by atoms with van der Waals surface area (Å²) in [6.07, 6.45) is -1.31. The fourth-order valence-electron chi connectivity index (χ4n) is 1.07. The lowest BCUT2D eigenvalue weighted by molar-refractivity contribution is -0.138. The van der Waals surface area contributed by atoms with Gasteiger partial charge in [-0.3, -0.25) is 0 Å². The topological polar surface area (TPSA) is 20.2 Å². The number of phenols is 1. The molecular weight excluding hydrogens is 273 g/mol. The summed E-state index contributed by atoms with van der Waals surface area (Å²) in [6, 6.07) is 3.37. The van der Waals surface area contributed by atoms with Gasteiger partial charge in [0, 0.05) is 5.33 Å². The summed E-state index contributed by atoms with van der Waals surface area (Å²) in [5, 5.41) is 9.61. The molecule has 0 unspecified atom stereocenters. The highest BCUT2D eigenvalue weighted by Crippen LogP contribution is 2.36. The molecule has 0 fully saturated rings. The number of benzene rings is 1. The smallest absolute Gasteiger partial charge is 0.419 e. The van der Waals surface area contributed by atoms with Crippen molar-refractivity contribution < 1.29 is 18.3 Å². The van der Waals surface area contributed by atoms with Crippen LogP contribution in [0.4, 0.5) is 13.2 Å². The summed E-state index contributed by atoms with van der Waals surface area (Å²) in [4.78, 5) is 0. The van der Waals surface area contributed by atoms with Gasteiger partial charge < -0.3 is 5.11 Å². The highest BCUT2D eigenvalue weighted by molar-refractivity contribution is 9.09. The molecule has 1 N–H and O–H groups in total. The molecule has 0 aromatic heterocycles. The maximum absolute atomic E-state index is 12.4. The molecule has 0 amide bonds. The van der Waals surface area contributed by atoms with Gasteiger partial charge in [0.1, 0.15) is 5.75 Å². The number of hydrogen-bond acceptors (Lipinski definition) is 1. The molecule has 0 saturated carbocycles. The molecule has 1 aromatic carbocycles. The molecule has 82 valence electrons. The Hall–Kier alpha value is -0.970. The lowest BCUT2D eigenvalue weighted by Gasteiger charge is -2.09. The van der Waals surface area contributed by atoms with E-state index in [1.807, 2.05) is 0 Å². The zero-order chi connectivity index (χ0) is 11.5. The second kappa shape index (κ2) is 4.70. The van der Waals surface area contributed by atoms with Crippen LogP contribution in [-0.2, 0) is 6.18 Å². The standard InChI is InChI=1S/C10H8BrF3O/c11-5-1-2-7-3-4-9(15)8(6-7)10(12,13)14/h1-4,6,15H,5H2. The van der Waals surface area contributed by atoms with Gasteiger partial charge in [0.2, 0.25) is 0 Å². The van der Waals surface area contributed by atoms with E-state index in [-0.39, 0.29) is 0 Å². The Morgan fingerprint density at radius 2 is 2.00 bits per heavy atom. The lowest BCUT2D eigenvalue weighted by Crippen LogP contribution is -2.05. The maximum atomic E-state index is 12.4. The highest BCUT2D eigenvalue weighted by Gasteiger charge is 2.33. The third-order valence-electron chi connectivity index (χ3n) is 1.73. The molecule has 0 heterocycles. The van der Waals surface area contributed by atoms with Crippen LogP contribution in [0.2, 0.25) is 0 Å². The minimum Gasteiger partial charge on any atom is -0.507 e. The molecule has 1 aromatic rings. The number of allylic oxidation sites excluding steroid dienone is 1. The van der Waals surface area contributed by atoms with Gasteiger partial charge in [-0.25, -0.2) is 0 Å². The molecule has 0 aliphatic rings. The minimum atomic E-state index is -4.53. The van der Waals surface area contributed by atoms with E-state index in [4.69, 9.17) is 5.11 Å². The van der Waals surface area contributed by atoms with E-state index in [0.717, 1.165) is 12.1 Å². The molecule has 0 radical (unpaired) electrons. The first-order chi connectivity index (χ1) is 6.95. The average molecular weight is 281 g/mol. The van der Waals surface area contributed by atoms with Gasteiger partial charge in [0.25, 0.3) is 0 Å². The Bertz CT molecular complexity index is 371. The van der Waals surface area contributed by atoms with Crippen LogP contribution in [0, 0.1) is 0 Å². The predicted molar refractivity (Wildman–Crippen MR) is 55.9 cm³/mol. The van der Waals surface area contributed by atoms with Crippen LogP contribution in [0.15, 0.2) is 24.3 Å². The quantitative estimate of drug-likeness (QED) is 0.817. The third kappa shape index (κ3) is 3.27. The summed E-state index contributed by atoms with van der Waals surface area (Å²) in [5.41, 5.74) is -0.612. The van der Waals surface area contributed by atoms with Crippen LogP contribution in [0.3, 0.4) is 0 Å². The summed E-state index contributed by atoms with van der Waals surface area (Å²) >= 11 is 3.12. The van der Waals surface area contributed by atoms with Crippen molar-refractivity contribution in [3.63, 3.8) is 0 Å². The van der Waals surface area contributed by atoms with Gasteiger partial charge in [-0.05, 0) is 17.7 Å². The van der Waals surface area contributed by atoms with Crippen molar-refractivity contribution in [1.82, 2.24) is 0 Å². The van der Waals surface area contributed by atoms with Crippen molar-refractivity contribution in [3.8, 4) is 5.75 Å². The number of halogens is 4. The van der Waals surface area contributed by atoms with Crippen LogP contribution < -0.4 is 0 Å². The third-order valence-corrected chi connectivity index (χ3v) is 2.10. The molecule has 1 nitrogen and oxygen atoms in total. The Balaban J connectivity index is 3.11. The minimum absolute atomic E-state index is 0.402. The Labute approximate surface area is 93.4 Å². The van der Waals surface area contributed by atoms with E-state index >= 15 is 0 Å². The van der Waals surface area contributed by atoms with Crippen molar-refractivity contribution >= 4 is 22.0 Å². The average Bonchev–Trinajstić information content (AvgIpc) is 2.15. The molecule has 0 aliphatic carbocycles. The zero-order valence-electron chi connectivity index (χ0n) is 7.55. The van der Waals surface area contributed by atoms with E-state index in [9.17, 15) is 13.2 Å². The van der Waals surface area contributed by atoms with Crippen molar-refractivity contribution in [3.05, 3.63) is 35.4 Å². The van der Waals surface area contributed by atoms with Crippen molar-refractivity contribution in [1.29, 1.82) is 0 Å². The summed E-state index contributed by atoms with van der Waals surface area (Å²) in [6.45, 7) is 0. The molecule has 0 spiro atoms.